The Hall–Kier alpha value is -4.74. The van der Waals surface area contributed by atoms with Gasteiger partial charge in [-0.2, -0.15) is 4.98 Å². The van der Waals surface area contributed by atoms with E-state index in [4.69, 9.17) is 9.51 Å². The van der Waals surface area contributed by atoms with Gasteiger partial charge in [-0.25, -0.2) is 19.2 Å². The van der Waals surface area contributed by atoms with Crippen LogP contribution in [0.15, 0.2) is 46.1 Å². The number of hydrogen-bond acceptors (Lipinski definition) is 7. The number of halogens is 1. The van der Waals surface area contributed by atoms with Crippen LogP contribution < -0.4 is 11.0 Å². The molecule has 0 amide bonds. The van der Waals surface area contributed by atoms with E-state index in [1.165, 1.54) is 6.07 Å². The molecule has 194 valence electrons. The highest BCUT2D eigenvalue weighted by Crippen LogP contribution is 2.35. The van der Waals surface area contributed by atoms with Gasteiger partial charge in [0.1, 0.15) is 11.5 Å². The molecule has 6 rings (SSSR count). The van der Waals surface area contributed by atoms with Crippen molar-refractivity contribution in [2.24, 2.45) is 21.1 Å². The summed E-state index contributed by atoms with van der Waals surface area (Å²) in [6.45, 7) is 5.74. The Balaban J connectivity index is 1.70. The van der Waals surface area contributed by atoms with Crippen LogP contribution in [0.3, 0.4) is 0 Å². The van der Waals surface area contributed by atoms with Crippen LogP contribution in [0.25, 0.3) is 50.7 Å². The second-order valence-corrected chi connectivity index (χ2v) is 9.69. The van der Waals surface area contributed by atoms with Gasteiger partial charge in [-0.05, 0) is 39.0 Å². The maximum atomic E-state index is 15.5. The maximum absolute atomic E-state index is 15.5. The van der Waals surface area contributed by atoms with Gasteiger partial charge in [0.25, 0.3) is 5.89 Å². The number of aromatic nitrogens is 8. The lowest BCUT2D eigenvalue weighted by molar-refractivity contribution is 0.423. The Bertz CT molecular complexity index is 1920. The molecule has 0 aliphatic rings. The molecule has 0 aliphatic heterocycles. The number of anilines is 1. The number of aryl methyl sites for hydroxylation is 4. The Morgan fingerprint density at radius 2 is 1.82 bits per heavy atom. The minimum Gasteiger partial charge on any atom is -0.381 e. The zero-order chi connectivity index (χ0) is 26.9. The monoisotopic (exact) mass is 515 g/mol. The highest BCUT2D eigenvalue weighted by Gasteiger charge is 2.23. The molecule has 0 fully saturated rings. The Labute approximate surface area is 216 Å². The number of nitrogens with zero attached hydrogens (tertiary/aromatic N) is 8. The average Bonchev–Trinajstić information content (AvgIpc) is 3.62. The average molecular weight is 516 g/mol. The predicted octanol–water partition coefficient (Wildman–Crippen LogP) is 3.93. The number of rotatable bonds is 5. The number of imidazole rings is 3. The van der Waals surface area contributed by atoms with Gasteiger partial charge >= 0.3 is 5.69 Å². The first-order chi connectivity index (χ1) is 18.1. The van der Waals surface area contributed by atoms with Gasteiger partial charge in [0, 0.05) is 33.3 Å². The molecule has 0 aliphatic carbocycles. The molecule has 0 radical (unpaired) electrons. The van der Waals surface area contributed by atoms with E-state index in [-0.39, 0.29) is 23.2 Å². The van der Waals surface area contributed by atoms with Gasteiger partial charge in [0.05, 0.1) is 51.5 Å². The molecule has 11 nitrogen and oxygen atoms in total. The zero-order valence-corrected chi connectivity index (χ0v) is 21.8. The van der Waals surface area contributed by atoms with E-state index in [1.807, 2.05) is 42.2 Å². The predicted molar refractivity (Wildman–Crippen MR) is 142 cm³/mol. The third kappa shape index (κ3) is 3.51. The topological polar surface area (TPSA) is 114 Å². The van der Waals surface area contributed by atoms with Crippen molar-refractivity contribution in [1.29, 1.82) is 0 Å². The van der Waals surface area contributed by atoms with Crippen LogP contribution in [0, 0.1) is 12.7 Å². The molecule has 6 aromatic rings. The zero-order valence-electron chi connectivity index (χ0n) is 21.8. The number of hydrogen-bond donors (Lipinski definition) is 1. The van der Waals surface area contributed by atoms with E-state index in [0.717, 1.165) is 22.4 Å². The van der Waals surface area contributed by atoms with Crippen molar-refractivity contribution >= 4 is 27.8 Å². The Morgan fingerprint density at radius 1 is 1.03 bits per heavy atom. The summed E-state index contributed by atoms with van der Waals surface area (Å²) in [6.07, 6.45) is 3.39. The van der Waals surface area contributed by atoms with Crippen LogP contribution in [0.4, 0.5) is 10.1 Å². The lowest BCUT2D eigenvalue weighted by atomic mass is 10.1. The van der Waals surface area contributed by atoms with Gasteiger partial charge in [0.15, 0.2) is 11.6 Å². The summed E-state index contributed by atoms with van der Waals surface area (Å²) >= 11 is 0. The van der Waals surface area contributed by atoms with Crippen molar-refractivity contribution < 1.29 is 8.91 Å². The molecule has 0 saturated carbocycles. The van der Waals surface area contributed by atoms with Crippen molar-refractivity contribution in [3.05, 3.63) is 58.9 Å². The first-order valence-corrected chi connectivity index (χ1v) is 12.1. The summed E-state index contributed by atoms with van der Waals surface area (Å²) in [5.41, 5.74) is 4.83. The summed E-state index contributed by atoms with van der Waals surface area (Å²) in [6, 6.07) is 7.00. The number of nitrogens with one attached hydrogen (secondary N) is 1. The minimum absolute atomic E-state index is 0.0858. The molecule has 4 heterocycles. The van der Waals surface area contributed by atoms with E-state index in [2.05, 4.69) is 20.4 Å². The second-order valence-electron chi connectivity index (χ2n) is 9.69. The van der Waals surface area contributed by atoms with Gasteiger partial charge < -0.3 is 14.4 Å². The fourth-order valence-electron chi connectivity index (χ4n) is 4.86. The van der Waals surface area contributed by atoms with E-state index >= 15 is 4.39 Å². The molecule has 2 aromatic carbocycles. The fraction of sp³-hybridized carbons (Fsp3) is 0.269. The van der Waals surface area contributed by atoms with Crippen molar-refractivity contribution in [3.63, 3.8) is 0 Å². The summed E-state index contributed by atoms with van der Waals surface area (Å²) in [4.78, 5) is 26.2. The summed E-state index contributed by atoms with van der Waals surface area (Å²) in [7, 11) is 5.36. The van der Waals surface area contributed by atoms with Crippen molar-refractivity contribution in [1.82, 2.24) is 38.4 Å². The molecule has 38 heavy (non-hydrogen) atoms. The van der Waals surface area contributed by atoms with Gasteiger partial charge in [-0.15, -0.1) is 0 Å². The van der Waals surface area contributed by atoms with Crippen LogP contribution in [-0.4, -0.2) is 44.4 Å². The first kappa shape index (κ1) is 23.6. The number of benzene rings is 2. The Kier molecular flexibility index (Phi) is 5.23. The van der Waals surface area contributed by atoms with E-state index in [9.17, 15) is 4.79 Å². The normalized spacial score (nSPS) is 11.9. The molecular formula is C26H26FN9O2. The van der Waals surface area contributed by atoms with Crippen LogP contribution in [-0.2, 0) is 21.1 Å². The van der Waals surface area contributed by atoms with Gasteiger partial charge in [-0.3, -0.25) is 13.7 Å². The molecule has 0 atom stereocenters. The summed E-state index contributed by atoms with van der Waals surface area (Å²) in [5, 5.41) is 7.25. The minimum atomic E-state index is -0.521. The van der Waals surface area contributed by atoms with E-state index < -0.39 is 5.82 Å². The lowest BCUT2D eigenvalue weighted by Crippen LogP contribution is -2.19. The van der Waals surface area contributed by atoms with Crippen molar-refractivity contribution in [3.8, 4) is 28.7 Å². The summed E-state index contributed by atoms with van der Waals surface area (Å²) in [5.74, 6) is 0.539. The largest absolute Gasteiger partial charge is 0.381 e. The highest BCUT2D eigenvalue weighted by atomic mass is 19.1. The highest BCUT2D eigenvalue weighted by molar-refractivity contribution is 5.93. The van der Waals surface area contributed by atoms with Crippen LogP contribution in [0.1, 0.15) is 19.7 Å². The van der Waals surface area contributed by atoms with Gasteiger partial charge in [0.2, 0.25) is 0 Å². The first-order valence-electron chi connectivity index (χ1n) is 12.1. The van der Waals surface area contributed by atoms with E-state index in [0.29, 0.717) is 28.4 Å². The van der Waals surface area contributed by atoms with Crippen molar-refractivity contribution in [2.75, 3.05) is 5.32 Å². The standard InChI is InChI=1S/C26H26FN9O2/c1-13(2)29-19-7-15(8-21-23(19)35(6)26(37)34(21)5)36-20-10-17(27)16(25-30-14(3)32-38-25)9-18(20)31-24(36)22-11-28-12-33(22)4/h7-13,29H,1-6H3. The molecule has 0 spiro atoms. The molecule has 0 bridgehead atoms. The molecule has 4 aromatic heterocycles. The molecule has 0 saturated heterocycles. The van der Waals surface area contributed by atoms with Crippen LogP contribution in [0.5, 0.6) is 0 Å². The summed E-state index contributed by atoms with van der Waals surface area (Å²) < 4.78 is 27.7. The molecule has 0 unspecified atom stereocenters. The quantitative estimate of drug-likeness (QED) is 0.370. The van der Waals surface area contributed by atoms with Crippen LogP contribution in [0.2, 0.25) is 0 Å². The molecular weight excluding hydrogens is 489 g/mol. The third-order valence-corrected chi connectivity index (χ3v) is 6.59. The maximum Gasteiger partial charge on any atom is 0.328 e. The van der Waals surface area contributed by atoms with Crippen molar-refractivity contribution in [2.45, 2.75) is 26.8 Å². The lowest BCUT2D eigenvalue weighted by Gasteiger charge is -2.16. The molecule has 12 heteroatoms. The molecule has 1 N–H and O–H groups in total. The fourth-order valence-corrected chi connectivity index (χ4v) is 4.86. The van der Waals surface area contributed by atoms with Gasteiger partial charge in [-0.1, -0.05) is 5.16 Å². The van der Waals surface area contributed by atoms with Crippen LogP contribution >= 0.6 is 0 Å². The second kappa shape index (κ2) is 8.40. The van der Waals surface area contributed by atoms with E-state index in [1.54, 1.807) is 48.7 Å². The third-order valence-electron chi connectivity index (χ3n) is 6.59. The SMILES string of the molecule is Cc1noc(-c2cc3nc(-c4cncn4C)n(-c4cc(NC(C)C)c5c(c4)n(C)c(=O)n5C)c3cc2F)n1. The smallest absolute Gasteiger partial charge is 0.328 e. The Morgan fingerprint density at radius 3 is 2.47 bits per heavy atom. The number of fused-ring (bicyclic) bond motifs is 2.